The SMILES string of the molecule is CCC.CCC.CCC(C)=O.CCNC(=O)CC.CCNCC.CCOC.CCOC.CCOCC.CCSC1CC(=O)N(CC)C1=O.CCSSCC.CCc1cn(CC)nn1.N=C=O.O=C=O. The number of carbonyl (C=O) groups excluding carboxylic acids is 7. The molecule has 17 nitrogen and oxygen atoms in total. The highest BCUT2D eigenvalue weighted by Gasteiger charge is 2.37. The van der Waals surface area contributed by atoms with Gasteiger partial charge in [0.25, 0.3) is 0 Å². The first-order valence-electron chi connectivity index (χ1n) is 24.5. The van der Waals surface area contributed by atoms with Crippen molar-refractivity contribution in [3.05, 3.63) is 11.9 Å². The maximum atomic E-state index is 11.4. The van der Waals surface area contributed by atoms with E-state index in [0.717, 1.165) is 76.6 Å². The molecule has 416 valence electrons. The normalized spacial score (nSPS) is 10.5. The summed E-state index contributed by atoms with van der Waals surface area (Å²) < 4.78 is 15.7. The van der Waals surface area contributed by atoms with E-state index in [4.69, 9.17) is 24.5 Å². The van der Waals surface area contributed by atoms with E-state index in [-0.39, 0.29) is 34.9 Å². The summed E-state index contributed by atoms with van der Waals surface area (Å²) in [6, 6.07) is 0. The van der Waals surface area contributed by atoms with Crippen molar-refractivity contribution in [2.45, 2.75) is 189 Å². The lowest BCUT2D eigenvalue weighted by molar-refractivity contribution is -0.191. The van der Waals surface area contributed by atoms with E-state index in [9.17, 15) is 19.2 Å². The van der Waals surface area contributed by atoms with Gasteiger partial charge >= 0.3 is 6.15 Å². The van der Waals surface area contributed by atoms with Crippen molar-refractivity contribution in [1.29, 1.82) is 5.41 Å². The molecular weight excluding hydrogens is 943 g/mol. The molecular formula is C49H107N7O10S3. The van der Waals surface area contributed by atoms with Gasteiger partial charge in [-0.15, -0.1) is 16.9 Å². The van der Waals surface area contributed by atoms with Crippen LogP contribution >= 0.6 is 33.3 Å². The van der Waals surface area contributed by atoms with E-state index in [0.29, 0.717) is 25.8 Å². The number of aryl methyl sites for hydroxylation is 2. The van der Waals surface area contributed by atoms with Crippen molar-refractivity contribution >= 4 is 69.1 Å². The minimum atomic E-state index is -0.109. The van der Waals surface area contributed by atoms with Crippen LogP contribution in [-0.2, 0) is 60.7 Å². The van der Waals surface area contributed by atoms with Gasteiger partial charge in [0.15, 0.2) is 0 Å². The van der Waals surface area contributed by atoms with Crippen molar-refractivity contribution in [1.82, 2.24) is 30.5 Å². The smallest absolute Gasteiger partial charge is 0.373 e. The zero-order valence-corrected chi connectivity index (χ0v) is 50.4. The Morgan fingerprint density at radius 1 is 0.710 bits per heavy atom. The average Bonchev–Trinajstić information content (AvgIpc) is 3.93. The van der Waals surface area contributed by atoms with Gasteiger partial charge in [-0.05, 0) is 80.7 Å². The molecule has 1 unspecified atom stereocenters. The van der Waals surface area contributed by atoms with Gasteiger partial charge in [-0.2, -0.15) is 9.59 Å². The molecule has 3 amide bonds. The van der Waals surface area contributed by atoms with E-state index in [1.807, 2.05) is 102 Å². The van der Waals surface area contributed by atoms with Gasteiger partial charge in [-0.3, -0.25) is 24.0 Å². The van der Waals surface area contributed by atoms with Crippen LogP contribution in [0.1, 0.15) is 176 Å². The monoisotopic (exact) mass is 1050 g/mol. The van der Waals surface area contributed by atoms with Crippen LogP contribution in [0, 0.1) is 5.41 Å². The molecule has 1 aromatic heterocycles. The van der Waals surface area contributed by atoms with Crippen molar-refractivity contribution in [2.75, 3.05) is 84.1 Å². The average molecular weight is 1050 g/mol. The van der Waals surface area contributed by atoms with E-state index in [1.54, 1.807) is 32.9 Å². The molecule has 0 bridgehead atoms. The fraction of sp³-hybridized carbons (Fsp3) is 0.837. The van der Waals surface area contributed by atoms with Gasteiger partial charge in [-0.25, -0.2) is 10.2 Å². The molecule has 0 aromatic carbocycles. The Balaban J connectivity index is -0.0000000604. The Hall–Kier alpha value is -2.93. The van der Waals surface area contributed by atoms with Crippen LogP contribution in [0.3, 0.4) is 0 Å². The number of amides is 3. The molecule has 0 saturated carbocycles. The number of isocyanates is 1. The molecule has 3 N–H and O–H groups in total. The third-order valence-electron chi connectivity index (χ3n) is 6.16. The number of thioether (sulfide) groups is 1. The van der Waals surface area contributed by atoms with Crippen LogP contribution in [0.4, 0.5) is 0 Å². The lowest BCUT2D eigenvalue weighted by Crippen LogP contribution is -2.30. The number of nitrogens with zero attached hydrogens (tertiary/aromatic N) is 4. The Bertz CT molecular complexity index is 1110. The summed E-state index contributed by atoms with van der Waals surface area (Å²) in [5, 5.41) is 18.9. The molecule has 2 heterocycles. The molecule has 0 radical (unpaired) electrons. The highest BCUT2D eigenvalue weighted by molar-refractivity contribution is 8.76. The second-order valence-electron chi connectivity index (χ2n) is 12.2. The summed E-state index contributed by atoms with van der Waals surface area (Å²) in [6.45, 7) is 47.8. The second-order valence-corrected chi connectivity index (χ2v) is 16.7. The zero-order valence-electron chi connectivity index (χ0n) is 48.0. The Kier molecular flexibility index (Phi) is 132. The summed E-state index contributed by atoms with van der Waals surface area (Å²) in [5.74, 6) is 3.72. The summed E-state index contributed by atoms with van der Waals surface area (Å²) in [7, 11) is 7.21. The molecule has 69 heavy (non-hydrogen) atoms. The van der Waals surface area contributed by atoms with Crippen LogP contribution in [-0.4, -0.2) is 145 Å². The van der Waals surface area contributed by atoms with Crippen molar-refractivity contribution in [3.8, 4) is 0 Å². The highest BCUT2D eigenvalue weighted by atomic mass is 33.1. The van der Waals surface area contributed by atoms with Crippen LogP contribution in [0.2, 0.25) is 0 Å². The Morgan fingerprint density at radius 2 is 1.10 bits per heavy atom. The number of methoxy groups -OCH3 is 2. The number of Topliss-reactive ketones (excluding diaryl/α,β-unsaturated/α-hetero) is 1. The summed E-state index contributed by atoms with van der Waals surface area (Å²) in [6.07, 6.45) is 8.10. The first kappa shape index (κ1) is 92.2. The predicted molar refractivity (Wildman–Crippen MR) is 297 cm³/mol. The number of hydrogen-bond acceptors (Lipinski definition) is 17. The summed E-state index contributed by atoms with van der Waals surface area (Å²) >= 11 is 1.56. The highest BCUT2D eigenvalue weighted by Crippen LogP contribution is 2.24. The molecule has 1 aliphatic heterocycles. The first-order chi connectivity index (χ1) is 32.9. The molecule has 0 spiro atoms. The Morgan fingerprint density at radius 3 is 1.25 bits per heavy atom. The predicted octanol–water partition coefficient (Wildman–Crippen LogP) is 10.8. The number of aromatic nitrogens is 3. The minimum absolute atomic E-state index is 0.00523. The number of imide groups is 1. The van der Waals surface area contributed by atoms with Gasteiger partial charge in [0.2, 0.25) is 23.8 Å². The molecule has 0 aliphatic carbocycles. The van der Waals surface area contributed by atoms with Gasteiger partial charge < -0.3 is 29.6 Å². The number of ketones is 1. The second kappa shape index (κ2) is 98.5. The number of nitrogens with one attached hydrogen (secondary N) is 3. The van der Waals surface area contributed by atoms with E-state index in [2.05, 4.69) is 92.7 Å². The van der Waals surface area contributed by atoms with E-state index in [1.165, 1.54) is 29.2 Å². The third kappa shape index (κ3) is 117. The summed E-state index contributed by atoms with van der Waals surface area (Å²) in [4.78, 5) is 68.7. The molecule has 1 atom stereocenters. The van der Waals surface area contributed by atoms with Gasteiger partial charge in [0, 0.05) is 97.2 Å². The third-order valence-corrected chi connectivity index (χ3v) is 9.81. The molecule has 1 fully saturated rings. The number of ether oxygens (including phenoxy) is 3. The van der Waals surface area contributed by atoms with Crippen LogP contribution < -0.4 is 10.6 Å². The number of carbonyl (C=O) groups is 4. The minimum Gasteiger partial charge on any atom is -0.385 e. The fourth-order valence-electron chi connectivity index (χ4n) is 2.91. The lowest BCUT2D eigenvalue weighted by atomic mass is 10.4. The van der Waals surface area contributed by atoms with Crippen molar-refractivity contribution in [3.63, 3.8) is 0 Å². The largest absolute Gasteiger partial charge is 0.385 e. The lowest BCUT2D eigenvalue weighted by Gasteiger charge is -2.10. The first-order valence-corrected chi connectivity index (χ1v) is 28.1. The molecule has 2 rings (SSSR count). The maximum absolute atomic E-state index is 11.4. The topological polar surface area (TPSA) is 229 Å². The van der Waals surface area contributed by atoms with Crippen molar-refractivity contribution < 1.29 is 47.8 Å². The zero-order chi connectivity index (χ0) is 56.5. The van der Waals surface area contributed by atoms with E-state index >= 15 is 0 Å². The van der Waals surface area contributed by atoms with Crippen LogP contribution in [0.5, 0.6) is 0 Å². The number of likely N-dealkylation sites (tertiary alicyclic amines) is 1. The summed E-state index contributed by atoms with van der Waals surface area (Å²) in [5.41, 5.74) is 1.07. The molecule has 20 heteroatoms. The van der Waals surface area contributed by atoms with Crippen LogP contribution in [0.15, 0.2) is 6.20 Å². The van der Waals surface area contributed by atoms with Gasteiger partial charge in [0.05, 0.1) is 10.9 Å². The number of rotatable bonds is 17. The van der Waals surface area contributed by atoms with Crippen molar-refractivity contribution in [2.24, 2.45) is 0 Å². The number of hydrogen-bond donors (Lipinski definition) is 3. The van der Waals surface area contributed by atoms with Crippen LogP contribution in [0.25, 0.3) is 0 Å². The van der Waals surface area contributed by atoms with Gasteiger partial charge in [0.1, 0.15) is 5.78 Å². The molecule has 1 aliphatic rings. The maximum Gasteiger partial charge on any atom is 0.373 e. The fourth-order valence-corrected chi connectivity index (χ4v) is 5.18. The van der Waals surface area contributed by atoms with Gasteiger partial charge in [-0.1, -0.05) is 123 Å². The standard InChI is InChI=1S/C8H13NO2S.C6H11N3.C5H11NO.C4H11N.C4H10O.C4H8O.C4H10S2.2C3H8O.2C3H8.CHNO.CO2/c1-3-9-7(10)5-6(8(9)11)12-4-2;1-3-6-5-9(4-2)8-7-6;1-3-5(7)6-4-2;2*1-3-5-4-2;1-3-4(2)5;1-3-5-6-4-2;2*1-3-4-2;2*1-3-2;2*2-1-3/h6H,3-5H2,1-2H3;5H,3-4H2,1-2H3;3-4H2,1-2H3,(H,6,7);5H,3-4H2,1-2H3;3-4H2,1-2H3;3H2,1-2H3;3-4H2,1-2H3;2*3H2,1-2H3;2*3H2,1-2H3;2H;. The Labute approximate surface area is 435 Å². The molecule has 1 aromatic rings. The molecule has 1 saturated heterocycles. The quantitative estimate of drug-likeness (QED) is 0.0433. The van der Waals surface area contributed by atoms with E-state index < -0.39 is 0 Å².